The van der Waals surface area contributed by atoms with Crippen molar-refractivity contribution < 1.29 is 0 Å². The van der Waals surface area contributed by atoms with Gasteiger partial charge in [0.25, 0.3) is 0 Å². The van der Waals surface area contributed by atoms with Crippen LogP contribution in [0.1, 0.15) is 12.7 Å². The number of hydrogen-bond acceptors (Lipinski definition) is 1. The molecule has 0 atom stereocenters. The van der Waals surface area contributed by atoms with E-state index in [9.17, 15) is 0 Å². The van der Waals surface area contributed by atoms with Crippen molar-refractivity contribution in [3.63, 3.8) is 0 Å². The van der Waals surface area contributed by atoms with Crippen LogP contribution in [-0.2, 0) is 6.42 Å². The second-order valence-electron chi connectivity index (χ2n) is 11.4. The molecule has 0 unspecified atom stereocenters. The first-order valence-corrected chi connectivity index (χ1v) is 15.0. The summed E-state index contributed by atoms with van der Waals surface area (Å²) in [5, 5.41) is 7.62. The molecule has 2 heterocycles. The second-order valence-corrected chi connectivity index (χ2v) is 11.4. The van der Waals surface area contributed by atoms with Crippen LogP contribution in [0.4, 0.5) is 0 Å². The fourth-order valence-electron chi connectivity index (χ4n) is 7.21. The molecule has 7 aromatic carbocycles. The summed E-state index contributed by atoms with van der Waals surface area (Å²) in [5.41, 5.74) is 11.0. The first kappa shape index (κ1) is 24.2. The number of imidazole rings is 1. The Morgan fingerprint density at radius 2 is 1.02 bits per heavy atom. The number of fused-ring (bicyclic) bond motifs is 5. The van der Waals surface area contributed by atoms with E-state index in [0.29, 0.717) is 0 Å². The van der Waals surface area contributed by atoms with Gasteiger partial charge in [0, 0.05) is 17.2 Å². The zero-order chi connectivity index (χ0) is 28.5. The van der Waals surface area contributed by atoms with E-state index in [2.05, 4.69) is 151 Å². The molecule has 0 bridgehead atoms. The number of rotatable bonds is 4. The van der Waals surface area contributed by atoms with Crippen LogP contribution in [-0.4, -0.2) is 9.38 Å². The van der Waals surface area contributed by atoms with Crippen LogP contribution < -0.4 is 0 Å². The van der Waals surface area contributed by atoms with Crippen molar-refractivity contribution in [3.8, 4) is 33.4 Å². The normalized spacial score (nSPS) is 11.9. The van der Waals surface area contributed by atoms with Gasteiger partial charge in [-0.25, -0.2) is 4.98 Å². The van der Waals surface area contributed by atoms with E-state index in [-0.39, 0.29) is 0 Å². The smallest absolute Gasteiger partial charge is 0.114 e. The fourth-order valence-corrected chi connectivity index (χ4v) is 7.21. The van der Waals surface area contributed by atoms with Crippen LogP contribution in [0.2, 0.25) is 0 Å². The van der Waals surface area contributed by atoms with Crippen molar-refractivity contribution in [2.45, 2.75) is 13.3 Å². The minimum atomic E-state index is 0.892. The topological polar surface area (TPSA) is 17.3 Å². The number of nitrogens with zero attached hydrogens (tertiary/aromatic N) is 2. The zero-order valence-corrected chi connectivity index (χ0v) is 23.9. The van der Waals surface area contributed by atoms with E-state index >= 15 is 0 Å². The molecule has 0 aliphatic rings. The summed E-state index contributed by atoms with van der Waals surface area (Å²) in [6.45, 7) is 2.19. The van der Waals surface area contributed by atoms with Crippen LogP contribution in [0.15, 0.2) is 140 Å². The fraction of sp³-hybridized carbons (Fsp3) is 0.0488. The molecular weight excluding hydrogens is 520 g/mol. The minimum absolute atomic E-state index is 0.892. The lowest BCUT2D eigenvalue weighted by molar-refractivity contribution is 0.961. The van der Waals surface area contributed by atoms with E-state index in [0.717, 1.165) is 17.8 Å². The highest BCUT2D eigenvalue weighted by atomic mass is 15.0. The highest BCUT2D eigenvalue weighted by molar-refractivity contribution is 6.22. The van der Waals surface area contributed by atoms with E-state index in [1.165, 1.54) is 76.7 Å². The lowest BCUT2D eigenvalue weighted by atomic mass is 9.85. The van der Waals surface area contributed by atoms with Crippen LogP contribution >= 0.6 is 0 Å². The third-order valence-electron chi connectivity index (χ3n) is 9.05. The first-order valence-electron chi connectivity index (χ1n) is 15.0. The Hall–Kier alpha value is -5.47. The molecular formula is C41H28N2. The number of aryl methyl sites for hydroxylation is 1. The highest BCUT2D eigenvalue weighted by Gasteiger charge is 2.20. The first-order chi connectivity index (χ1) is 21.3. The Morgan fingerprint density at radius 1 is 0.465 bits per heavy atom. The van der Waals surface area contributed by atoms with Crippen LogP contribution in [0, 0.1) is 0 Å². The average Bonchev–Trinajstić information content (AvgIpc) is 3.62. The molecule has 0 N–H and O–H groups in total. The summed E-state index contributed by atoms with van der Waals surface area (Å²) in [6.07, 6.45) is 0.892. The van der Waals surface area contributed by atoms with Gasteiger partial charge in [0.05, 0.1) is 16.6 Å². The summed E-state index contributed by atoms with van der Waals surface area (Å²) < 4.78 is 2.36. The number of hydrogen-bond donors (Lipinski definition) is 0. The Morgan fingerprint density at radius 3 is 1.70 bits per heavy atom. The molecule has 0 aliphatic heterocycles. The van der Waals surface area contributed by atoms with Gasteiger partial charge in [0.1, 0.15) is 5.82 Å². The summed E-state index contributed by atoms with van der Waals surface area (Å²) in [4.78, 5) is 5.11. The molecule has 0 radical (unpaired) electrons. The molecule has 2 aromatic heterocycles. The lowest BCUT2D eigenvalue weighted by Crippen LogP contribution is -1.91. The molecule has 9 rings (SSSR count). The van der Waals surface area contributed by atoms with Gasteiger partial charge in [-0.15, -0.1) is 0 Å². The Labute approximate surface area is 249 Å². The molecule has 9 aromatic rings. The highest BCUT2D eigenvalue weighted by Crippen LogP contribution is 2.45. The molecule has 0 spiro atoms. The number of benzene rings is 7. The SMILES string of the molecule is CCc1nc2cc(-c3ccc4c(-c5ccccc5)c5ccccc5c(-c5ccccc5)c4c3)cc3c4ccccc4n1c23. The maximum atomic E-state index is 5.11. The van der Waals surface area contributed by atoms with Crippen molar-refractivity contribution in [2.24, 2.45) is 0 Å². The predicted octanol–water partition coefficient (Wildman–Crippen LogP) is 10.9. The molecule has 0 fully saturated rings. The third kappa shape index (κ3) is 3.50. The molecule has 0 aliphatic carbocycles. The van der Waals surface area contributed by atoms with Gasteiger partial charge in [-0.05, 0) is 79.2 Å². The van der Waals surface area contributed by atoms with Gasteiger partial charge in [-0.3, -0.25) is 4.40 Å². The standard InChI is InChI=1S/C41H28N2/c1-2-38-42-36-25-29(24-35-30-17-11-12-20-37(30)43(38)41(35)36)28-21-22-33-34(23-28)40(27-15-7-4-8-16-27)32-19-10-9-18-31(32)39(33)26-13-5-3-6-14-26/h3-25H,2H2,1H3. The Balaban J connectivity index is 1.39. The quantitative estimate of drug-likeness (QED) is 0.200. The van der Waals surface area contributed by atoms with Crippen molar-refractivity contribution in [1.29, 1.82) is 0 Å². The maximum Gasteiger partial charge on any atom is 0.114 e. The molecule has 2 nitrogen and oxygen atoms in total. The Kier molecular flexibility index (Phi) is 5.21. The summed E-state index contributed by atoms with van der Waals surface area (Å²) in [7, 11) is 0. The third-order valence-corrected chi connectivity index (χ3v) is 9.05. The van der Waals surface area contributed by atoms with Crippen molar-refractivity contribution >= 4 is 48.9 Å². The molecule has 43 heavy (non-hydrogen) atoms. The van der Waals surface area contributed by atoms with Gasteiger partial charge >= 0.3 is 0 Å². The molecule has 0 saturated heterocycles. The lowest BCUT2D eigenvalue weighted by Gasteiger charge is -2.18. The van der Waals surface area contributed by atoms with Crippen molar-refractivity contribution in [3.05, 3.63) is 145 Å². The summed E-state index contributed by atoms with van der Waals surface area (Å²) >= 11 is 0. The van der Waals surface area contributed by atoms with Crippen LogP contribution in [0.3, 0.4) is 0 Å². The van der Waals surface area contributed by atoms with Gasteiger partial charge in [-0.2, -0.15) is 0 Å². The molecule has 202 valence electrons. The van der Waals surface area contributed by atoms with Crippen molar-refractivity contribution in [1.82, 2.24) is 9.38 Å². The summed E-state index contributed by atoms with van der Waals surface area (Å²) in [6, 6.07) is 50.9. The van der Waals surface area contributed by atoms with Crippen molar-refractivity contribution in [2.75, 3.05) is 0 Å². The van der Waals surface area contributed by atoms with Gasteiger partial charge < -0.3 is 0 Å². The number of para-hydroxylation sites is 1. The van der Waals surface area contributed by atoms with Gasteiger partial charge in [-0.1, -0.05) is 122 Å². The Bertz CT molecular complexity index is 2470. The van der Waals surface area contributed by atoms with E-state index < -0.39 is 0 Å². The largest absolute Gasteiger partial charge is 0.295 e. The predicted molar refractivity (Wildman–Crippen MR) is 182 cm³/mol. The van der Waals surface area contributed by atoms with E-state index in [4.69, 9.17) is 4.98 Å². The maximum absolute atomic E-state index is 5.11. The molecule has 2 heteroatoms. The minimum Gasteiger partial charge on any atom is -0.295 e. The zero-order valence-electron chi connectivity index (χ0n) is 23.9. The second kappa shape index (κ2) is 9.27. The van der Waals surface area contributed by atoms with E-state index in [1.807, 2.05) is 0 Å². The van der Waals surface area contributed by atoms with Crippen LogP contribution in [0.25, 0.3) is 82.2 Å². The average molecular weight is 549 g/mol. The molecule has 0 amide bonds. The van der Waals surface area contributed by atoms with Gasteiger partial charge in [0.15, 0.2) is 0 Å². The molecule has 0 saturated carbocycles. The monoisotopic (exact) mass is 548 g/mol. The summed E-state index contributed by atoms with van der Waals surface area (Å²) in [5.74, 6) is 1.11. The van der Waals surface area contributed by atoms with Crippen LogP contribution in [0.5, 0.6) is 0 Å². The number of aromatic nitrogens is 2. The van der Waals surface area contributed by atoms with Gasteiger partial charge in [0.2, 0.25) is 0 Å². The van der Waals surface area contributed by atoms with E-state index in [1.54, 1.807) is 0 Å².